The molecule has 25 heavy (non-hydrogen) atoms. The topological polar surface area (TPSA) is 101 Å². The highest BCUT2D eigenvalue weighted by molar-refractivity contribution is 7.09. The summed E-state index contributed by atoms with van der Waals surface area (Å²) in [5.41, 5.74) is 0.337. The smallest absolute Gasteiger partial charge is 0.325 e. The Morgan fingerprint density at radius 2 is 1.96 bits per heavy atom. The van der Waals surface area contributed by atoms with Gasteiger partial charge >= 0.3 is 12.0 Å². The number of amides is 3. The molecule has 0 spiro atoms. The number of hydrogen-bond donors (Lipinski definition) is 2. The first kappa shape index (κ1) is 20.9. The third-order valence-corrected chi connectivity index (χ3v) is 3.92. The number of thiazole rings is 1. The highest BCUT2D eigenvalue weighted by Gasteiger charge is 2.20. The minimum absolute atomic E-state index is 0.0264. The van der Waals surface area contributed by atoms with Gasteiger partial charge in [0.25, 0.3) is 5.91 Å². The van der Waals surface area contributed by atoms with Crippen LogP contribution >= 0.6 is 11.3 Å². The van der Waals surface area contributed by atoms with Crippen molar-refractivity contribution in [3.8, 4) is 0 Å². The lowest BCUT2D eigenvalue weighted by atomic mass is 10.3. The van der Waals surface area contributed by atoms with Gasteiger partial charge < -0.3 is 20.3 Å². The van der Waals surface area contributed by atoms with Crippen molar-refractivity contribution in [2.45, 2.75) is 53.2 Å². The summed E-state index contributed by atoms with van der Waals surface area (Å²) < 4.78 is 4.79. The van der Waals surface area contributed by atoms with Gasteiger partial charge in [0, 0.05) is 17.5 Å². The number of ether oxygens (including phenoxy) is 1. The summed E-state index contributed by atoms with van der Waals surface area (Å²) in [6.45, 7) is 9.52. The van der Waals surface area contributed by atoms with Crippen LogP contribution in [0.15, 0.2) is 5.38 Å². The Bertz CT molecular complexity index is 601. The van der Waals surface area contributed by atoms with Crippen molar-refractivity contribution in [1.82, 2.24) is 20.5 Å². The maximum Gasteiger partial charge on any atom is 0.325 e. The Labute approximate surface area is 151 Å². The van der Waals surface area contributed by atoms with Crippen molar-refractivity contribution in [2.75, 3.05) is 13.2 Å². The van der Waals surface area contributed by atoms with E-state index in [1.807, 2.05) is 27.7 Å². The van der Waals surface area contributed by atoms with Gasteiger partial charge in [-0.05, 0) is 34.6 Å². The monoisotopic (exact) mass is 370 g/mol. The van der Waals surface area contributed by atoms with Crippen molar-refractivity contribution in [2.24, 2.45) is 0 Å². The van der Waals surface area contributed by atoms with Gasteiger partial charge in [0.1, 0.15) is 17.2 Å². The van der Waals surface area contributed by atoms with E-state index < -0.39 is 5.97 Å². The normalized spacial score (nSPS) is 10.7. The van der Waals surface area contributed by atoms with Gasteiger partial charge in [-0.1, -0.05) is 0 Å². The van der Waals surface area contributed by atoms with E-state index in [0.717, 1.165) is 0 Å². The van der Waals surface area contributed by atoms with E-state index in [1.165, 1.54) is 11.3 Å². The molecule has 0 bridgehead atoms. The predicted octanol–water partition coefficient (Wildman–Crippen LogP) is 1.76. The number of nitrogens with one attached hydrogen (secondary N) is 2. The molecule has 140 valence electrons. The van der Waals surface area contributed by atoms with E-state index in [0.29, 0.717) is 10.7 Å². The van der Waals surface area contributed by atoms with Crippen molar-refractivity contribution in [3.05, 3.63) is 16.1 Å². The summed E-state index contributed by atoms with van der Waals surface area (Å²) >= 11 is 1.32. The van der Waals surface area contributed by atoms with Crippen LogP contribution < -0.4 is 10.6 Å². The fourth-order valence-corrected chi connectivity index (χ4v) is 2.69. The summed E-state index contributed by atoms with van der Waals surface area (Å²) in [5.74, 6) is -0.721. The van der Waals surface area contributed by atoms with Gasteiger partial charge in [-0.25, -0.2) is 9.78 Å². The summed E-state index contributed by atoms with van der Waals surface area (Å²) in [7, 11) is 0. The number of urea groups is 1. The molecule has 0 saturated heterocycles. The first-order valence-corrected chi connectivity index (χ1v) is 9.07. The van der Waals surface area contributed by atoms with Crippen LogP contribution in [0.3, 0.4) is 0 Å². The fourth-order valence-electron chi connectivity index (χ4n) is 1.92. The minimum atomic E-state index is -0.485. The first-order valence-electron chi connectivity index (χ1n) is 8.19. The van der Waals surface area contributed by atoms with Crippen molar-refractivity contribution >= 4 is 29.2 Å². The Morgan fingerprint density at radius 1 is 1.28 bits per heavy atom. The molecule has 1 aromatic heterocycles. The molecule has 1 heterocycles. The van der Waals surface area contributed by atoms with E-state index >= 15 is 0 Å². The SMILES string of the molecule is CCOC(=O)CNC(=O)N(Cc1nc(C(=O)NC(C)C)cs1)C(C)C. The summed E-state index contributed by atoms with van der Waals surface area (Å²) in [5, 5.41) is 7.63. The second-order valence-electron chi connectivity index (χ2n) is 5.94. The number of rotatable bonds is 8. The molecule has 0 radical (unpaired) electrons. The molecule has 0 aliphatic carbocycles. The van der Waals surface area contributed by atoms with Crippen LogP contribution in [-0.2, 0) is 16.1 Å². The molecule has 3 amide bonds. The van der Waals surface area contributed by atoms with Crippen LogP contribution in [0.2, 0.25) is 0 Å². The standard InChI is InChI=1S/C16H26N4O4S/c1-6-24-14(21)7-17-16(23)20(11(4)5)8-13-19-12(9-25-13)15(22)18-10(2)3/h9-11H,6-8H2,1-5H3,(H,17,23)(H,18,22). The van der Waals surface area contributed by atoms with E-state index in [-0.39, 0.29) is 43.7 Å². The molecule has 0 atom stereocenters. The molecule has 0 aromatic carbocycles. The lowest BCUT2D eigenvalue weighted by Crippen LogP contribution is -2.45. The van der Waals surface area contributed by atoms with Crippen LogP contribution in [0.4, 0.5) is 4.79 Å². The molecular weight excluding hydrogens is 344 g/mol. The van der Waals surface area contributed by atoms with Gasteiger partial charge in [-0.3, -0.25) is 9.59 Å². The van der Waals surface area contributed by atoms with Crippen LogP contribution in [0.25, 0.3) is 0 Å². The van der Waals surface area contributed by atoms with Crippen molar-refractivity contribution in [3.63, 3.8) is 0 Å². The Morgan fingerprint density at radius 3 is 2.52 bits per heavy atom. The molecule has 1 aromatic rings. The summed E-state index contributed by atoms with van der Waals surface area (Å²) in [6, 6.07) is -0.455. The lowest BCUT2D eigenvalue weighted by Gasteiger charge is -2.25. The van der Waals surface area contributed by atoms with Crippen LogP contribution in [0.5, 0.6) is 0 Å². The molecule has 8 nitrogen and oxygen atoms in total. The molecule has 0 fully saturated rings. The van der Waals surface area contributed by atoms with E-state index in [1.54, 1.807) is 17.2 Å². The average Bonchev–Trinajstić information content (AvgIpc) is 2.98. The summed E-state index contributed by atoms with van der Waals surface area (Å²) in [4.78, 5) is 41.4. The largest absolute Gasteiger partial charge is 0.465 e. The zero-order valence-electron chi connectivity index (χ0n) is 15.3. The molecule has 2 N–H and O–H groups in total. The van der Waals surface area contributed by atoms with Crippen molar-refractivity contribution in [1.29, 1.82) is 0 Å². The van der Waals surface area contributed by atoms with Crippen LogP contribution in [0, 0.1) is 0 Å². The van der Waals surface area contributed by atoms with Crippen LogP contribution in [0.1, 0.15) is 50.1 Å². The molecule has 9 heteroatoms. The zero-order valence-corrected chi connectivity index (χ0v) is 16.1. The number of carbonyl (C=O) groups is 3. The zero-order chi connectivity index (χ0) is 19.0. The maximum absolute atomic E-state index is 12.3. The second-order valence-corrected chi connectivity index (χ2v) is 6.88. The molecule has 1 rings (SSSR count). The Balaban J connectivity index is 2.69. The second kappa shape index (κ2) is 9.97. The quantitative estimate of drug-likeness (QED) is 0.679. The fraction of sp³-hybridized carbons (Fsp3) is 0.625. The van der Waals surface area contributed by atoms with E-state index in [9.17, 15) is 14.4 Å². The minimum Gasteiger partial charge on any atom is -0.465 e. The number of hydrogen-bond acceptors (Lipinski definition) is 6. The van der Waals surface area contributed by atoms with Gasteiger partial charge in [0.2, 0.25) is 0 Å². The number of esters is 1. The lowest BCUT2D eigenvalue weighted by molar-refractivity contribution is -0.141. The molecule has 0 aliphatic heterocycles. The van der Waals surface area contributed by atoms with Crippen molar-refractivity contribution < 1.29 is 19.1 Å². The molecule has 0 unspecified atom stereocenters. The highest BCUT2D eigenvalue weighted by Crippen LogP contribution is 2.14. The maximum atomic E-state index is 12.3. The number of carbonyl (C=O) groups excluding carboxylic acids is 3. The van der Waals surface area contributed by atoms with Gasteiger partial charge in [0.15, 0.2) is 0 Å². The first-order chi connectivity index (χ1) is 11.7. The molecular formula is C16H26N4O4S. The number of nitrogens with zero attached hydrogens (tertiary/aromatic N) is 2. The molecule has 0 aliphatic rings. The predicted molar refractivity (Wildman–Crippen MR) is 95.4 cm³/mol. The Kier molecular flexibility index (Phi) is 8.33. The molecule has 0 saturated carbocycles. The van der Waals surface area contributed by atoms with Gasteiger partial charge in [-0.15, -0.1) is 11.3 Å². The van der Waals surface area contributed by atoms with E-state index in [2.05, 4.69) is 15.6 Å². The third kappa shape index (κ3) is 7.08. The highest BCUT2D eigenvalue weighted by atomic mass is 32.1. The van der Waals surface area contributed by atoms with E-state index in [4.69, 9.17) is 4.74 Å². The Hall–Kier alpha value is -2.16. The van der Waals surface area contributed by atoms with Gasteiger partial charge in [-0.2, -0.15) is 0 Å². The van der Waals surface area contributed by atoms with Crippen LogP contribution in [-0.4, -0.2) is 53.0 Å². The number of aromatic nitrogens is 1. The summed E-state index contributed by atoms with van der Waals surface area (Å²) in [6.07, 6.45) is 0. The third-order valence-electron chi connectivity index (χ3n) is 3.08. The average molecular weight is 370 g/mol. The van der Waals surface area contributed by atoms with Gasteiger partial charge in [0.05, 0.1) is 13.2 Å².